The summed E-state index contributed by atoms with van der Waals surface area (Å²) in [6.45, 7) is 0. The molecule has 3 aromatic rings. The van der Waals surface area contributed by atoms with E-state index in [9.17, 15) is 39.5 Å². The van der Waals surface area contributed by atoms with Gasteiger partial charge in [0.05, 0.1) is 16.7 Å². The van der Waals surface area contributed by atoms with Crippen molar-refractivity contribution < 1.29 is 39.5 Å². The molecule has 1 heterocycles. The van der Waals surface area contributed by atoms with Gasteiger partial charge in [0.25, 0.3) is 0 Å². The minimum absolute atomic E-state index is 0.0358. The molecule has 0 nitrogen and oxygen atoms in total. The van der Waals surface area contributed by atoms with Gasteiger partial charge in [-0.3, -0.25) is 0 Å². The van der Waals surface area contributed by atoms with Crippen LogP contribution in [0.15, 0.2) is 24.3 Å². The lowest BCUT2D eigenvalue weighted by atomic mass is 10.0. The van der Waals surface area contributed by atoms with Gasteiger partial charge in [0.2, 0.25) is 0 Å². The molecule has 2 aromatic carbocycles. The molecule has 0 aliphatic heterocycles. The van der Waals surface area contributed by atoms with Gasteiger partial charge in [-0.05, 0) is 46.9 Å². The average molecular weight is 514 g/mol. The molecule has 26 heavy (non-hydrogen) atoms. The van der Waals surface area contributed by atoms with Crippen molar-refractivity contribution in [2.24, 2.45) is 0 Å². The van der Waals surface area contributed by atoms with Crippen LogP contribution in [0, 0.1) is 3.57 Å². The first-order valence-corrected chi connectivity index (χ1v) is 8.51. The van der Waals surface area contributed by atoms with E-state index in [-0.39, 0.29) is 10.1 Å². The van der Waals surface area contributed by atoms with Crippen molar-refractivity contribution in [2.45, 2.75) is 18.5 Å². The fourth-order valence-corrected chi connectivity index (χ4v) is 4.98. The maximum Gasteiger partial charge on any atom is 0.418 e. The Morgan fingerprint density at radius 1 is 0.731 bits per heavy atom. The van der Waals surface area contributed by atoms with Gasteiger partial charge in [0.1, 0.15) is 0 Å². The van der Waals surface area contributed by atoms with E-state index in [4.69, 9.17) is 0 Å². The first-order valence-electron chi connectivity index (χ1n) is 6.61. The second kappa shape index (κ2) is 5.88. The lowest BCUT2D eigenvalue weighted by Crippen LogP contribution is -2.14. The van der Waals surface area contributed by atoms with E-state index < -0.39 is 48.9 Å². The Labute approximate surface area is 156 Å². The second-order valence-corrected chi connectivity index (χ2v) is 7.43. The van der Waals surface area contributed by atoms with Crippen LogP contribution in [0.4, 0.5) is 39.5 Å². The number of thiophene rings is 1. The van der Waals surface area contributed by atoms with Gasteiger partial charge in [-0.25, -0.2) is 0 Å². The highest BCUT2D eigenvalue weighted by molar-refractivity contribution is 14.1. The number of hydrogen-bond acceptors (Lipinski definition) is 1. The SMILES string of the molecule is FC(F)(F)c1ccc2sc3c(C(F)(F)F)c(I)c(C(F)(F)F)cc3c2c1. The molecule has 0 fully saturated rings. The largest absolute Gasteiger partial charge is 0.418 e. The summed E-state index contributed by atoms with van der Waals surface area (Å²) in [5.74, 6) is 0. The Kier molecular flexibility index (Phi) is 4.41. The molecule has 0 atom stereocenters. The van der Waals surface area contributed by atoms with Gasteiger partial charge in [-0.2, -0.15) is 39.5 Å². The highest BCUT2D eigenvalue weighted by Crippen LogP contribution is 2.49. The van der Waals surface area contributed by atoms with E-state index >= 15 is 0 Å². The first-order chi connectivity index (χ1) is 11.7. The fraction of sp³-hybridized carbons (Fsp3) is 0.200. The summed E-state index contributed by atoms with van der Waals surface area (Å²) in [5.41, 5.74) is -4.17. The highest BCUT2D eigenvalue weighted by atomic mass is 127. The first kappa shape index (κ1) is 19.5. The molecule has 1 aromatic heterocycles. The zero-order valence-corrected chi connectivity index (χ0v) is 15.0. The molecular formula is C15H4F9IS. The Morgan fingerprint density at radius 2 is 1.35 bits per heavy atom. The summed E-state index contributed by atoms with van der Waals surface area (Å²) in [5, 5.41) is -0.802. The average Bonchev–Trinajstić information content (AvgIpc) is 2.79. The van der Waals surface area contributed by atoms with Gasteiger partial charge in [0.15, 0.2) is 0 Å². The summed E-state index contributed by atoms with van der Waals surface area (Å²) in [6, 6.07) is 2.69. The molecule has 0 aliphatic carbocycles. The Balaban J connectivity index is 2.51. The molecule has 0 saturated heterocycles. The molecule has 0 spiro atoms. The van der Waals surface area contributed by atoms with Crippen LogP contribution in [-0.2, 0) is 18.5 Å². The molecule has 11 heteroatoms. The number of benzene rings is 2. The van der Waals surface area contributed by atoms with Crippen molar-refractivity contribution in [1.29, 1.82) is 0 Å². The van der Waals surface area contributed by atoms with Gasteiger partial charge in [-0.1, -0.05) is 0 Å². The molecule has 3 rings (SSSR count). The van der Waals surface area contributed by atoms with Crippen LogP contribution in [0.1, 0.15) is 16.7 Å². The summed E-state index contributed by atoms with van der Waals surface area (Å²) < 4.78 is 117. The molecule has 0 bridgehead atoms. The normalized spacial score (nSPS) is 13.8. The molecule has 0 radical (unpaired) electrons. The van der Waals surface area contributed by atoms with Crippen LogP contribution in [0.3, 0.4) is 0 Å². The van der Waals surface area contributed by atoms with Gasteiger partial charge < -0.3 is 0 Å². The van der Waals surface area contributed by atoms with Gasteiger partial charge >= 0.3 is 18.5 Å². The van der Waals surface area contributed by atoms with E-state index in [1.54, 1.807) is 0 Å². The van der Waals surface area contributed by atoms with Crippen molar-refractivity contribution in [3.63, 3.8) is 0 Å². The quantitative estimate of drug-likeness (QED) is 0.213. The van der Waals surface area contributed by atoms with Crippen LogP contribution in [0.25, 0.3) is 20.2 Å². The molecule has 0 saturated carbocycles. The zero-order valence-electron chi connectivity index (χ0n) is 12.0. The standard InChI is InChI=1S/C15H4F9IS/c16-13(17,18)5-1-2-9-6(3-5)7-4-8(14(19,20)21)11(25)10(12(7)26-9)15(22,23)24/h1-4H. The maximum atomic E-state index is 13.4. The number of alkyl halides is 9. The van der Waals surface area contributed by atoms with E-state index in [0.717, 1.165) is 28.7 Å². The predicted molar refractivity (Wildman–Crippen MR) is 87.1 cm³/mol. The second-order valence-electron chi connectivity index (χ2n) is 5.30. The van der Waals surface area contributed by atoms with E-state index in [1.807, 2.05) is 0 Å². The summed E-state index contributed by atoms with van der Waals surface area (Å²) in [6.07, 6.45) is -14.9. The molecule has 0 aliphatic rings. The minimum Gasteiger partial charge on any atom is -0.166 e. The zero-order chi connectivity index (χ0) is 19.7. The van der Waals surface area contributed by atoms with Crippen LogP contribution >= 0.6 is 33.9 Å². The van der Waals surface area contributed by atoms with Crippen LogP contribution in [0.5, 0.6) is 0 Å². The summed E-state index contributed by atoms with van der Waals surface area (Å²) >= 11 is 1.48. The fourth-order valence-electron chi connectivity index (χ4n) is 2.52. The molecular weight excluding hydrogens is 510 g/mol. The van der Waals surface area contributed by atoms with Crippen LogP contribution in [0.2, 0.25) is 0 Å². The third-order valence-electron chi connectivity index (χ3n) is 3.61. The van der Waals surface area contributed by atoms with Crippen LogP contribution in [-0.4, -0.2) is 0 Å². The topological polar surface area (TPSA) is 0 Å². The smallest absolute Gasteiger partial charge is 0.166 e. The molecule has 140 valence electrons. The lowest BCUT2D eigenvalue weighted by Gasteiger charge is -2.16. The van der Waals surface area contributed by atoms with Crippen molar-refractivity contribution in [3.05, 3.63) is 44.5 Å². The monoisotopic (exact) mass is 514 g/mol. The third-order valence-corrected chi connectivity index (χ3v) is 5.94. The molecule has 0 amide bonds. The lowest BCUT2D eigenvalue weighted by molar-refractivity contribution is -0.143. The van der Waals surface area contributed by atoms with Crippen LogP contribution < -0.4 is 0 Å². The van der Waals surface area contributed by atoms with E-state index in [2.05, 4.69) is 0 Å². The Hall–Kier alpha value is -1.24. The van der Waals surface area contributed by atoms with Crippen molar-refractivity contribution in [2.75, 3.05) is 0 Å². The maximum absolute atomic E-state index is 13.4. The number of halogens is 10. The van der Waals surface area contributed by atoms with E-state index in [1.165, 1.54) is 0 Å². The van der Waals surface area contributed by atoms with Crippen molar-refractivity contribution in [3.8, 4) is 0 Å². The summed E-state index contributed by atoms with van der Waals surface area (Å²) in [7, 11) is 0. The summed E-state index contributed by atoms with van der Waals surface area (Å²) in [4.78, 5) is 0. The van der Waals surface area contributed by atoms with E-state index in [0.29, 0.717) is 29.5 Å². The Bertz CT molecular complexity index is 1010. The van der Waals surface area contributed by atoms with Crippen molar-refractivity contribution in [1.82, 2.24) is 0 Å². The number of rotatable bonds is 0. The van der Waals surface area contributed by atoms with Gasteiger partial charge in [-0.15, -0.1) is 11.3 Å². The number of hydrogen-bond donors (Lipinski definition) is 0. The van der Waals surface area contributed by atoms with Crippen molar-refractivity contribution >= 4 is 54.1 Å². The predicted octanol–water partition coefficient (Wildman–Crippen LogP) is 7.72. The molecule has 0 unspecified atom stereocenters. The minimum atomic E-state index is -5.09. The Morgan fingerprint density at radius 3 is 1.85 bits per heavy atom. The number of fused-ring (bicyclic) bond motifs is 3. The highest BCUT2D eigenvalue weighted by Gasteiger charge is 2.42. The molecule has 0 N–H and O–H groups in total. The van der Waals surface area contributed by atoms with Gasteiger partial charge in [0, 0.05) is 23.7 Å². The third kappa shape index (κ3) is 3.23.